The Labute approximate surface area is 135 Å². The number of hydrogen-bond donors (Lipinski definition) is 2. The van der Waals surface area contributed by atoms with Crippen molar-refractivity contribution in [3.05, 3.63) is 0 Å². The van der Waals surface area contributed by atoms with Gasteiger partial charge in [0, 0.05) is 12.8 Å². The molecule has 0 amide bonds. The molecule has 22 heavy (non-hydrogen) atoms. The second-order valence-electron chi connectivity index (χ2n) is 6.29. The molecule has 0 fully saturated rings. The van der Waals surface area contributed by atoms with Crippen LogP contribution in [0.4, 0.5) is 0 Å². The van der Waals surface area contributed by atoms with Gasteiger partial charge in [0.1, 0.15) is 5.78 Å². The summed E-state index contributed by atoms with van der Waals surface area (Å²) in [5, 5.41) is 8.55. The number of Topliss-reactive ketones (excluding diaryl/α,β-unsaturated/α-hetero) is 1. The minimum atomic E-state index is -0.891. The van der Waals surface area contributed by atoms with Crippen LogP contribution in [0.3, 0.4) is 0 Å². The lowest BCUT2D eigenvalue weighted by Gasteiger charge is -2.08. The van der Waals surface area contributed by atoms with Gasteiger partial charge in [0.15, 0.2) is 0 Å². The predicted octanol–water partition coefficient (Wildman–Crippen LogP) is 4.45. The average Bonchev–Trinajstić information content (AvgIpc) is 2.49. The van der Waals surface area contributed by atoms with Crippen molar-refractivity contribution in [2.75, 3.05) is 0 Å². The fraction of sp³-hybridized carbons (Fsp3) is 0.889. The fourth-order valence-electron chi connectivity index (χ4n) is 2.59. The van der Waals surface area contributed by atoms with Gasteiger partial charge in [-0.05, 0) is 12.8 Å². The highest BCUT2D eigenvalue weighted by Gasteiger charge is 2.14. The first kappa shape index (κ1) is 21.1. The zero-order valence-electron chi connectivity index (χ0n) is 14.3. The predicted molar refractivity (Wildman–Crippen MR) is 90.9 cm³/mol. The van der Waals surface area contributed by atoms with Gasteiger partial charge in [0.2, 0.25) is 0 Å². The summed E-state index contributed by atoms with van der Waals surface area (Å²) < 4.78 is 0. The van der Waals surface area contributed by atoms with E-state index in [4.69, 9.17) is 10.8 Å². The van der Waals surface area contributed by atoms with Crippen LogP contribution in [0, 0.1) is 0 Å². The monoisotopic (exact) mass is 313 g/mol. The van der Waals surface area contributed by atoms with E-state index in [9.17, 15) is 9.59 Å². The van der Waals surface area contributed by atoms with Crippen LogP contribution in [0.2, 0.25) is 0 Å². The highest BCUT2D eigenvalue weighted by atomic mass is 16.4. The highest BCUT2D eigenvalue weighted by Crippen LogP contribution is 2.12. The summed E-state index contributed by atoms with van der Waals surface area (Å²) in [5.74, 6) is -0.880. The number of carbonyl (C=O) groups is 2. The Morgan fingerprint density at radius 3 is 1.73 bits per heavy atom. The maximum Gasteiger partial charge on any atom is 0.303 e. The van der Waals surface area contributed by atoms with Gasteiger partial charge in [-0.25, -0.2) is 0 Å². The second-order valence-corrected chi connectivity index (χ2v) is 6.29. The van der Waals surface area contributed by atoms with Crippen LogP contribution in [-0.4, -0.2) is 22.9 Å². The highest BCUT2D eigenvalue weighted by molar-refractivity contribution is 5.84. The molecule has 1 atom stereocenters. The van der Waals surface area contributed by atoms with Crippen molar-refractivity contribution in [3.63, 3.8) is 0 Å². The normalized spacial score (nSPS) is 12.3. The minimum absolute atomic E-state index is 0.0113. The summed E-state index contributed by atoms with van der Waals surface area (Å²) in [6.07, 6.45) is 14.6. The molecule has 0 aliphatic heterocycles. The molecule has 0 aliphatic rings. The molecule has 0 aromatic heterocycles. The molecule has 0 radical (unpaired) electrons. The van der Waals surface area contributed by atoms with E-state index in [1.54, 1.807) is 0 Å². The van der Waals surface area contributed by atoms with Crippen molar-refractivity contribution >= 4 is 11.8 Å². The third kappa shape index (κ3) is 14.1. The smallest absolute Gasteiger partial charge is 0.303 e. The molecular formula is C18H35NO3. The fourth-order valence-corrected chi connectivity index (χ4v) is 2.59. The number of hydrogen-bond acceptors (Lipinski definition) is 3. The maximum atomic E-state index is 11.7. The SMILES string of the molecule is CCCCCCCCCCCCCC(=O)C(N)CCC(=O)O. The van der Waals surface area contributed by atoms with Gasteiger partial charge in [0.25, 0.3) is 0 Å². The van der Waals surface area contributed by atoms with Crippen LogP contribution >= 0.6 is 0 Å². The lowest BCUT2D eigenvalue weighted by Crippen LogP contribution is -2.30. The molecule has 0 saturated carbocycles. The molecule has 0 saturated heterocycles. The van der Waals surface area contributed by atoms with Crippen LogP contribution in [0.1, 0.15) is 96.8 Å². The number of nitrogens with two attached hydrogens (primary N) is 1. The standard InChI is InChI=1S/C18H35NO3/c1-2-3-4-5-6-7-8-9-10-11-12-13-17(20)16(19)14-15-18(21)22/h16H,2-15,19H2,1H3,(H,21,22). The zero-order chi connectivity index (χ0) is 16.6. The van der Waals surface area contributed by atoms with Crippen LogP contribution in [0.25, 0.3) is 0 Å². The van der Waals surface area contributed by atoms with Crippen molar-refractivity contribution in [2.24, 2.45) is 5.73 Å². The molecule has 130 valence electrons. The van der Waals surface area contributed by atoms with Gasteiger partial charge < -0.3 is 10.8 Å². The summed E-state index contributed by atoms with van der Waals surface area (Å²) in [6.45, 7) is 2.24. The third-order valence-electron chi connectivity index (χ3n) is 4.11. The number of carbonyl (C=O) groups excluding carboxylic acids is 1. The third-order valence-corrected chi connectivity index (χ3v) is 4.11. The first-order valence-electron chi connectivity index (χ1n) is 9.08. The quantitative estimate of drug-likeness (QED) is 0.413. The number of rotatable bonds is 16. The van der Waals surface area contributed by atoms with Gasteiger partial charge in [-0.1, -0.05) is 71.1 Å². The molecule has 0 aliphatic carbocycles. The maximum absolute atomic E-state index is 11.7. The first-order chi connectivity index (χ1) is 10.6. The Morgan fingerprint density at radius 1 is 0.818 bits per heavy atom. The molecule has 0 aromatic carbocycles. The van der Waals surface area contributed by atoms with E-state index in [2.05, 4.69) is 6.92 Å². The largest absolute Gasteiger partial charge is 0.481 e. The number of carboxylic acid groups (broad SMARTS) is 1. The van der Waals surface area contributed by atoms with Gasteiger partial charge >= 0.3 is 5.97 Å². The van der Waals surface area contributed by atoms with Crippen molar-refractivity contribution < 1.29 is 14.7 Å². The number of ketones is 1. The second kappa shape index (κ2) is 15.0. The number of aliphatic carboxylic acids is 1. The molecule has 1 unspecified atom stereocenters. The molecule has 4 nitrogen and oxygen atoms in total. The van der Waals surface area contributed by atoms with E-state index in [1.807, 2.05) is 0 Å². The molecule has 0 bridgehead atoms. The van der Waals surface area contributed by atoms with Crippen LogP contribution in [0.15, 0.2) is 0 Å². The Balaban J connectivity index is 3.31. The zero-order valence-corrected chi connectivity index (χ0v) is 14.3. The Bertz CT molecular complexity index is 292. The van der Waals surface area contributed by atoms with Gasteiger partial charge in [-0.2, -0.15) is 0 Å². The van der Waals surface area contributed by atoms with E-state index in [1.165, 1.54) is 57.8 Å². The van der Waals surface area contributed by atoms with Crippen molar-refractivity contribution in [3.8, 4) is 0 Å². The summed E-state index contributed by atoms with van der Waals surface area (Å²) in [5.41, 5.74) is 5.68. The molecular weight excluding hydrogens is 278 g/mol. The average molecular weight is 313 g/mol. The Morgan fingerprint density at radius 2 is 1.27 bits per heavy atom. The number of carboxylic acids is 1. The summed E-state index contributed by atoms with van der Waals surface area (Å²) >= 11 is 0. The first-order valence-corrected chi connectivity index (χ1v) is 9.08. The van der Waals surface area contributed by atoms with Gasteiger partial charge in [-0.3, -0.25) is 9.59 Å². The summed E-state index contributed by atoms with van der Waals surface area (Å²) in [4.78, 5) is 22.1. The van der Waals surface area contributed by atoms with E-state index in [0.717, 1.165) is 12.8 Å². The Hall–Kier alpha value is -0.900. The Kier molecular flexibility index (Phi) is 14.4. The number of unbranched alkanes of at least 4 members (excludes halogenated alkanes) is 10. The lowest BCUT2D eigenvalue weighted by molar-refractivity contribution is -0.137. The van der Waals surface area contributed by atoms with Crippen molar-refractivity contribution in [1.82, 2.24) is 0 Å². The van der Waals surface area contributed by atoms with Crippen LogP contribution < -0.4 is 5.73 Å². The minimum Gasteiger partial charge on any atom is -0.481 e. The van der Waals surface area contributed by atoms with E-state index in [-0.39, 0.29) is 18.6 Å². The van der Waals surface area contributed by atoms with Crippen molar-refractivity contribution in [1.29, 1.82) is 0 Å². The van der Waals surface area contributed by atoms with Crippen LogP contribution in [-0.2, 0) is 9.59 Å². The molecule has 0 rings (SSSR count). The van der Waals surface area contributed by atoms with E-state index in [0.29, 0.717) is 6.42 Å². The lowest BCUT2D eigenvalue weighted by atomic mass is 10.0. The van der Waals surface area contributed by atoms with Gasteiger partial charge in [0.05, 0.1) is 6.04 Å². The van der Waals surface area contributed by atoms with Crippen molar-refractivity contribution in [2.45, 2.75) is 103 Å². The van der Waals surface area contributed by atoms with Gasteiger partial charge in [-0.15, -0.1) is 0 Å². The molecule has 0 spiro atoms. The molecule has 3 N–H and O–H groups in total. The van der Waals surface area contributed by atoms with E-state index >= 15 is 0 Å². The molecule has 4 heteroatoms. The summed E-state index contributed by atoms with van der Waals surface area (Å²) in [6, 6.07) is -0.598. The van der Waals surface area contributed by atoms with Crippen LogP contribution in [0.5, 0.6) is 0 Å². The topological polar surface area (TPSA) is 80.4 Å². The van der Waals surface area contributed by atoms with E-state index < -0.39 is 12.0 Å². The summed E-state index contributed by atoms with van der Waals surface area (Å²) in [7, 11) is 0. The molecule has 0 heterocycles. The molecule has 0 aromatic rings.